The fraction of sp³-hybridized carbons (Fsp3) is 0.250. The van der Waals surface area contributed by atoms with E-state index in [1.165, 1.54) is 10.9 Å². The van der Waals surface area contributed by atoms with E-state index in [1.54, 1.807) is 0 Å². The van der Waals surface area contributed by atoms with Crippen LogP contribution in [0.3, 0.4) is 0 Å². The van der Waals surface area contributed by atoms with Crippen LogP contribution in [0.15, 0.2) is 24.3 Å². The first kappa shape index (κ1) is 8.06. The van der Waals surface area contributed by atoms with Gasteiger partial charge in [-0.1, -0.05) is 18.2 Å². The topological polar surface area (TPSA) is 36.0 Å². The maximum Gasteiger partial charge on any atom is 0.0946 e. The molecular formula is C12H11NO. The Labute approximate surface area is 82.6 Å². The minimum absolute atomic E-state index is 0.397. The van der Waals surface area contributed by atoms with E-state index in [4.69, 9.17) is 0 Å². The van der Waals surface area contributed by atoms with Gasteiger partial charge in [-0.3, -0.25) is 0 Å². The molecule has 1 unspecified atom stereocenters. The lowest BCUT2D eigenvalue weighted by Crippen LogP contribution is -2.08. The molecule has 0 saturated heterocycles. The average Bonchev–Trinajstić information content (AvgIpc) is 2.59. The van der Waals surface area contributed by atoms with Gasteiger partial charge in [0, 0.05) is 16.6 Å². The standard InChI is InChI=1S/C12H11NO/c14-11-7-3-5-9-8-4-1-2-6-10(8)13-12(9)11/h1-2,4,6,11,13-14H,5,7H2. The van der Waals surface area contributed by atoms with E-state index in [2.05, 4.69) is 17.5 Å². The second-order valence-corrected chi connectivity index (χ2v) is 3.71. The van der Waals surface area contributed by atoms with Crippen LogP contribution in [0, 0.1) is 6.42 Å². The van der Waals surface area contributed by atoms with Crippen LogP contribution in [-0.2, 0) is 6.42 Å². The van der Waals surface area contributed by atoms with Crippen LogP contribution in [0.4, 0.5) is 0 Å². The number of hydrogen-bond acceptors (Lipinski definition) is 1. The molecule has 1 aromatic carbocycles. The summed E-state index contributed by atoms with van der Waals surface area (Å²) < 4.78 is 0. The van der Waals surface area contributed by atoms with Gasteiger partial charge in [0.1, 0.15) is 0 Å². The molecule has 0 fully saturated rings. The number of aromatic nitrogens is 1. The Hall–Kier alpha value is -1.28. The van der Waals surface area contributed by atoms with Gasteiger partial charge in [0.25, 0.3) is 0 Å². The molecule has 1 aliphatic carbocycles. The Kier molecular flexibility index (Phi) is 1.64. The predicted molar refractivity (Wildman–Crippen MR) is 54.8 cm³/mol. The summed E-state index contributed by atoms with van der Waals surface area (Å²) in [7, 11) is 0. The van der Waals surface area contributed by atoms with Crippen LogP contribution in [-0.4, -0.2) is 10.1 Å². The van der Waals surface area contributed by atoms with Crippen LogP contribution >= 0.6 is 0 Å². The minimum atomic E-state index is -0.397. The van der Waals surface area contributed by atoms with Gasteiger partial charge < -0.3 is 10.1 Å². The van der Waals surface area contributed by atoms with E-state index >= 15 is 0 Å². The Morgan fingerprint density at radius 2 is 2.21 bits per heavy atom. The normalized spacial score (nSPS) is 21.1. The van der Waals surface area contributed by atoms with Gasteiger partial charge >= 0.3 is 0 Å². The largest absolute Gasteiger partial charge is 0.387 e. The molecular weight excluding hydrogens is 174 g/mol. The van der Waals surface area contributed by atoms with Crippen LogP contribution in [0.25, 0.3) is 10.9 Å². The Bertz CT molecular complexity index is 472. The molecule has 2 radical (unpaired) electrons. The number of aliphatic hydroxyl groups excluding tert-OH is 1. The monoisotopic (exact) mass is 185 g/mol. The lowest BCUT2D eigenvalue weighted by Gasteiger charge is -2.16. The summed E-state index contributed by atoms with van der Waals surface area (Å²) in [6, 6.07) is 8.16. The fourth-order valence-electron chi connectivity index (χ4n) is 2.13. The quantitative estimate of drug-likeness (QED) is 0.648. The molecule has 1 aromatic heterocycles. The van der Waals surface area contributed by atoms with Gasteiger partial charge in [0.15, 0.2) is 0 Å². The molecule has 2 aromatic rings. The lowest BCUT2D eigenvalue weighted by atomic mass is 9.94. The van der Waals surface area contributed by atoms with E-state index < -0.39 is 6.10 Å². The molecule has 1 atom stereocenters. The van der Waals surface area contributed by atoms with Crippen molar-refractivity contribution in [2.75, 3.05) is 0 Å². The first-order valence-corrected chi connectivity index (χ1v) is 4.84. The number of rotatable bonds is 0. The van der Waals surface area contributed by atoms with Crippen LogP contribution in [0.5, 0.6) is 0 Å². The van der Waals surface area contributed by atoms with Crippen LogP contribution in [0.2, 0.25) is 0 Å². The highest BCUT2D eigenvalue weighted by atomic mass is 16.3. The molecule has 2 nitrogen and oxygen atoms in total. The van der Waals surface area contributed by atoms with Gasteiger partial charge in [-0.25, -0.2) is 0 Å². The second kappa shape index (κ2) is 2.85. The van der Waals surface area contributed by atoms with E-state index in [0.29, 0.717) is 6.42 Å². The fourth-order valence-corrected chi connectivity index (χ4v) is 2.13. The van der Waals surface area contributed by atoms with Gasteiger partial charge in [-0.05, 0) is 30.9 Å². The predicted octanol–water partition coefficient (Wildman–Crippen LogP) is 2.23. The molecule has 2 heteroatoms. The van der Waals surface area contributed by atoms with Gasteiger partial charge in [0.2, 0.25) is 0 Å². The van der Waals surface area contributed by atoms with E-state index in [1.807, 2.05) is 18.2 Å². The van der Waals surface area contributed by atoms with Crippen LogP contribution in [0.1, 0.15) is 23.8 Å². The first-order valence-electron chi connectivity index (χ1n) is 4.84. The molecule has 0 spiro atoms. The lowest BCUT2D eigenvalue weighted by molar-refractivity contribution is 0.167. The number of hydrogen-bond donors (Lipinski definition) is 2. The van der Waals surface area contributed by atoms with E-state index in [-0.39, 0.29) is 0 Å². The second-order valence-electron chi connectivity index (χ2n) is 3.71. The summed E-state index contributed by atoms with van der Waals surface area (Å²) in [6.45, 7) is 0. The minimum Gasteiger partial charge on any atom is -0.387 e. The van der Waals surface area contributed by atoms with Crippen LogP contribution < -0.4 is 0 Å². The number of benzene rings is 1. The number of H-pyrrole nitrogens is 1. The first-order chi connectivity index (χ1) is 6.86. The summed E-state index contributed by atoms with van der Waals surface area (Å²) in [5, 5.41) is 11.0. The van der Waals surface area contributed by atoms with Crippen molar-refractivity contribution in [1.29, 1.82) is 0 Å². The maximum absolute atomic E-state index is 9.77. The van der Waals surface area contributed by atoms with Crippen molar-refractivity contribution < 1.29 is 5.11 Å². The highest BCUT2D eigenvalue weighted by Crippen LogP contribution is 2.33. The molecule has 70 valence electrons. The van der Waals surface area contributed by atoms with Crippen molar-refractivity contribution in [2.45, 2.75) is 18.9 Å². The molecule has 2 N–H and O–H groups in total. The molecule has 0 amide bonds. The number of aliphatic hydroxyl groups is 1. The highest BCUT2D eigenvalue weighted by molar-refractivity contribution is 5.85. The smallest absolute Gasteiger partial charge is 0.0946 e. The van der Waals surface area contributed by atoms with Crippen molar-refractivity contribution in [3.63, 3.8) is 0 Å². The van der Waals surface area contributed by atoms with Crippen molar-refractivity contribution in [2.24, 2.45) is 0 Å². The molecule has 14 heavy (non-hydrogen) atoms. The van der Waals surface area contributed by atoms with E-state index in [9.17, 15) is 5.11 Å². The molecule has 1 aliphatic rings. The summed E-state index contributed by atoms with van der Waals surface area (Å²) in [5.74, 6) is 0. The van der Waals surface area contributed by atoms with Gasteiger partial charge in [-0.2, -0.15) is 0 Å². The van der Waals surface area contributed by atoms with Crippen molar-refractivity contribution in [1.82, 2.24) is 4.98 Å². The number of para-hydroxylation sites is 1. The van der Waals surface area contributed by atoms with Gasteiger partial charge in [-0.15, -0.1) is 0 Å². The third kappa shape index (κ3) is 1.01. The zero-order valence-electron chi connectivity index (χ0n) is 7.75. The summed E-state index contributed by atoms with van der Waals surface area (Å²) in [5.41, 5.74) is 3.30. The summed E-state index contributed by atoms with van der Waals surface area (Å²) in [4.78, 5) is 3.28. The molecule has 0 aliphatic heterocycles. The highest BCUT2D eigenvalue weighted by Gasteiger charge is 2.22. The number of fused-ring (bicyclic) bond motifs is 3. The Balaban J connectivity index is 2.32. The van der Waals surface area contributed by atoms with Crippen molar-refractivity contribution >= 4 is 10.9 Å². The van der Waals surface area contributed by atoms with Crippen molar-refractivity contribution in [3.05, 3.63) is 41.9 Å². The third-order valence-electron chi connectivity index (χ3n) is 2.82. The third-order valence-corrected chi connectivity index (χ3v) is 2.82. The number of aromatic amines is 1. The van der Waals surface area contributed by atoms with E-state index in [0.717, 1.165) is 17.6 Å². The van der Waals surface area contributed by atoms with Crippen molar-refractivity contribution in [3.8, 4) is 0 Å². The average molecular weight is 185 g/mol. The maximum atomic E-state index is 9.77. The molecule has 0 saturated carbocycles. The SMILES string of the molecule is OC1C[C]Cc2c1[nH]c1ccccc21. The summed E-state index contributed by atoms with van der Waals surface area (Å²) in [6.07, 6.45) is 4.28. The number of nitrogens with one attached hydrogen (secondary N) is 1. The van der Waals surface area contributed by atoms with Gasteiger partial charge in [0.05, 0.1) is 6.10 Å². The molecule has 3 rings (SSSR count). The zero-order valence-corrected chi connectivity index (χ0v) is 7.75. The Morgan fingerprint density at radius 1 is 1.36 bits per heavy atom. The molecule has 0 bridgehead atoms. The molecule has 1 heterocycles. The zero-order chi connectivity index (χ0) is 9.54. The summed E-state index contributed by atoms with van der Waals surface area (Å²) >= 11 is 0. The Morgan fingerprint density at radius 3 is 3.14 bits per heavy atom.